The number of thiazole rings is 1. The molecule has 4 aromatic rings. The number of nitrogens with one attached hydrogen (secondary N) is 1. The number of hydrogen-bond acceptors (Lipinski definition) is 5. The van der Waals surface area contributed by atoms with E-state index < -0.39 is 23.2 Å². The normalized spacial score (nSPS) is 10.7. The van der Waals surface area contributed by atoms with Crippen LogP contribution < -0.4 is 5.32 Å². The van der Waals surface area contributed by atoms with Gasteiger partial charge in [-0.25, -0.2) is 18.7 Å². The van der Waals surface area contributed by atoms with Gasteiger partial charge in [-0.15, -0.1) is 11.3 Å². The van der Waals surface area contributed by atoms with E-state index in [-0.39, 0.29) is 4.88 Å². The second-order valence-electron chi connectivity index (χ2n) is 5.50. The second-order valence-corrected chi connectivity index (χ2v) is 6.53. The predicted octanol–water partition coefficient (Wildman–Crippen LogP) is 5.00. The molecule has 0 fully saturated rings. The van der Waals surface area contributed by atoms with Crippen LogP contribution in [0.25, 0.3) is 22.0 Å². The van der Waals surface area contributed by atoms with Crippen LogP contribution >= 0.6 is 11.3 Å². The number of anilines is 1. The van der Waals surface area contributed by atoms with Crippen molar-refractivity contribution in [3.63, 3.8) is 0 Å². The summed E-state index contributed by atoms with van der Waals surface area (Å²) >= 11 is 1.11. The van der Waals surface area contributed by atoms with Gasteiger partial charge in [-0.05, 0) is 24.3 Å². The predicted molar refractivity (Wildman–Crippen MR) is 97.4 cm³/mol. The van der Waals surface area contributed by atoms with E-state index in [1.54, 1.807) is 6.20 Å². The van der Waals surface area contributed by atoms with Crippen molar-refractivity contribution >= 4 is 22.9 Å². The summed E-state index contributed by atoms with van der Waals surface area (Å²) in [6.45, 7) is 0. The van der Waals surface area contributed by atoms with Gasteiger partial charge in [-0.1, -0.05) is 18.2 Å². The molecule has 0 aliphatic rings. The molecule has 2 heterocycles. The van der Waals surface area contributed by atoms with Gasteiger partial charge in [0.25, 0.3) is 5.91 Å². The number of aromatic nitrogens is 2. The van der Waals surface area contributed by atoms with Gasteiger partial charge in [-0.3, -0.25) is 4.79 Å². The number of carbonyl (C=O) groups excluding carboxylic acids is 1. The number of hydrogen-bond donors (Lipinski definition) is 1. The Hall–Kier alpha value is -3.39. The Balaban J connectivity index is 1.59. The highest BCUT2D eigenvalue weighted by Crippen LogP contribution is 2.29. The Labute approximate surface area is 156 Å². The molecule has 2 aromatic heterocycles. The first kappa shape index (κ1) is 17.0. The molecule has 5 nitrogen and oxygen atoms in total. The SMILES string of the molecule is O=C(Nc1c(F)cccc1F)c1cnc(-c2cccc(-c3ncco3)c2)s1. The molecule has 0 spiro atoms. The van der Waals surface area contributed by atoms with Crippen LogP contribution in [0.15, 0.2) is 65.5 Å². The zero-order valence-electron chi connectivity index (χ0n) is 13.6. The van der Waals surface area contributed by atoms with E-state index in [0.717, 1.165) is 34.6 Å². The lowest BCUT2D eigenvalue weighted by molar-refractivity contribution is 0.102. The standard InChI is InChI=1S/C19H11F2N3O2S/c20-13-5-2-6-14(21)16(13)24-17(25)15-10-23-19(27-15)12-4-1-3-11(9-12)18-22-7-8-26-18/h1-10H,(H,24,25). The van der Waals surface area contributed by atoms with Crippen LogP contribution in [0.2, 0.25) is 0 Å². The number of oxazole rings is 1. The number of rotatable bonds is 4. The smallest absolute Gasteiger partial charge is 0.267 e. The van der Waals surface area contributed by atoms with E-state index in [1.807, 2.05) is 24.3 Å². The highest BCUT2D eigenvalue weighted by molar-refractivity contribution is 7.17. The van der Waals surface area contributed by atoms with Crippen molar-refractivity contribution in [1.82, 2.24) is 9.97 Å². The zero-order valence-corrected chi connectivity index (χ0v) is 14.5. The minimum Gasteiger partial charge on any atom is -0.445 e. The van der Waals surface area contributed by atoms with E-state index in [2.05, 4.69) is 15.3 Å². The summed E-state index contributed by atoms with van der Waals surface area (Å²) in [6, 6.07) is 10.7. The number of para-hydroxylation sites is 1. The average molecular weight is 383 g/mol. The summed E-state index contributed by atoms with van der Waals surface area (Å²) in [5, 5.41) is 2.84. The van der Waals surface area contributed by atoms with Crippen molar-refractivity contribution in [2.75, 3.05) is 5.32 Å². The van der Waals surface area contributed by atoms with Gasteiger partial charge in [0.2, 0.25) is 5.89 Å². The summed E-state index contributed by atoms with van der Waals surface area (Å²) < 4.78 is 32.7. The average Bonchev–Trinajstić information content (AvgIpc) is 3.37. The molecule has 0 aliphatic heterocycles. The molecule has 4 rings (SSSR count). The van der Waals surface area contributed by atoms with Crippen molar-refractivity contribution in [3.8, 4) is 22.0 Å². The Morgan fingerprint density at radius 1 is 1.04 bits per heavy atom. The number of halogens is 2. The molecule has 0 radical (unpaired) electrons. The van der Waals surface area contributed by atoms with Gasteiger partial charge in [-0.2, -0.15) is 0 Å². The Bertz CT molecular complexity index is 1090. The molecule has 0 saturated carbocycles. The number of amides is 1. The molecule has 1 N–H and O–H groups in total. The number of benzene rings is 2. The molecule has 134 valence electrons. The maximum Gasteiger partial charge on any atom is 0.267 e. The van der Waals surface area contributed by atoms with Crippen molar-refractivity contribution in [3.05, 3.63) is 77.6 Å². The van der Waals surface area contributed by atoms with E-state index in [4.69, 9.17) is 4.42 Å². The first-order valence-electron chi connectivity index (χ1n) is 7.83. The second kappa shape index (κ2) is 7.08. The van der Waals surface area contributed by atoms with Gasteiger partial charge in [0.1, 0.15) is 33.5 Å². The molecule has 2 aromatic carbocycles. The van der Waals surface area contributed by atoms with Crippen LogP contribution in [0.4, 0.5) is 14.5 Å². The molecule has 0 atom stereocenters. The topological polar surface area (TPSA) is 68.0 Å². The maximum atomic E-state index is 13.7. The molecule has 1 amide bonds. The van der Waals surface area contributed by atoms with E-state index in [9.17, 15) is 13.6 Å². The lowest BCUT2D eigenvalue weighted by Crippen LogP contribution is -2.12. The Kier molecular flexibility index (Phi) is 4.47. The summed E-state index contributed by atoms with van der Waals surface area (Å²) in [4.78, 5) is 20.9. The first-order chi connectivity index (χ1) is 13.1. The third-order valence-electron chi connectivity index (χ3n) is 3.72. The fourth-order valence-corrected chi connectivity index (χ4v) is 3.26. The van der Waals surface area contributed by atoms with Crippen LogP contribution in [0.1, 0.15) is 9.67 Å². The van der Waals surface area contributed by atoms with Crippen molar-refractivity contribution in [2.45, 2.75) is 0 Å². The fourth-order valence-electron chi connectivity index (χ4n) is 2.46. The first-order valence-corrected chi connectivity index (χ1v) is 8.65. The molecular formula is C19H11F2N3O2S. The molecule has 0 aliphatic carbocycles. The molecule has 27 heavy (non-hydrogen) atoms. The van der Waals surface area contributed by atoms with Crippen molar-refractivity contribution < 1.29 is 18.0 Å². The van der Waals surface area contributed by atoms with E-state index >= 15 is 0 Å². The van der Waals surface area contributed by atoms with Gasteiger partial charge < -0.3 is 9.73 Å². The number of carbonyl (C=O) groups is 1. The van der Waals surface area contributed by atoms with Crippen LogP contribution in [-0.2, 0) is 0 Å². The molecule has 0 saturated heterocycles. The highest BCUT2D eigenvalue weighted by atomic mass is 32.1. The van der Waals surface area contributed by atoms with Crippen molar-refractivity contribution in [1.29, 1.82) is 0 Å². The highest BCUT2D eigenvalue weighted by Gasteiger charge is 2.16. The monoisotopic (exact) mass is 383 g/mol. The third-order valence-corrected chi connectivity index (χ3v) is 4.76. The molecule has 0 bridgehead atoms. The van der Waals surface area contributed by atoms with Crippen molar-refractivity contribution in [2.24, 2.45) is 0 Å². The fraction of sp³-hybridized carbons (Fsp3) is 0. The minimum atomic E-state index is -0.841. The zero-order chi connectivity index (χ0) is 18.8. The summed E-state index contributed by atoms with van der Waals surface area (Å²) in [5.74, 6) is -1.84. The summed E-state index contributed by atoms with van der Waals surface area (Å²) in [6.07, 6.45) is 4.40. The van der Waals surface area contributed by atoms with Crippen LogP contribution in [0.5, 0.6) is 0 Å². The molecule has 8 heteroatoms. The van der Waals surface area contributed by atoms with E-state index in [1.165, 1.54) is 18.5 Å². The quantitative estimate of drug-likeness (QED) is 0.539. The van der Waals surface area contributed by atoms with Crippen LogP contribution in [0, 0.1) is 11.6 Å². The van der Waals surface area contributed by atoms with Crippen LogP contribution in [0.3, 0.4) is 0 Å². The largest absolute Gasteiger partial charge is 0.445 e. The third kappa shape index (κ3) is 3.47. The Morgan fingerprint density at radius 3 is 2.52 bits per heavy atom. The molecular weight excluding hydrogens is 372 g/mol. The van der Waals surface area contributed by atoms with E-state index in [0.29, 0.717) is 10.9 Å². The molecule has 0 unspecified atom stereocenters. The Morgan fingerprint density at radius 2 is 1.78 bits per heavy atom. The van der Waals surface area contributed by atoms with Gasteiger partial charge >= 0.3 is 0 Å². The summed E-state index contributed by atoms with van der Waals surface area (Å²) in [7, 11) is 0. The lowest BCUT2D eigenvalue weighted by atomic mass is 10.1. The minimum absolute atomic E-state index is 0.231. The van der Waals surface area contributed by atoms with Crippen LogP contribution in [-0.4, -0.2) is 15.9 Å². The van der Waals surface area contributed by atoms with Gasteiger partial charge in [0.05, 0.1) is 12.4 Å². The lowest BCUT2D eigenvalue weighted by Gasteiger charge is -2.05. The maximum absolute atomic E-state index is 13.7. The van der Waals surface area contributed by atoms with Gasteiger partial charge in [0, 0.05) is 11.1 Å². The number of nitrogens with zero attached hydrogens (tertiary/aromatic N) is 2. The van der Waals surface area contributed by atoms with Gasteiger partial charge in [0.15, 0.2) is 0 Å². The summed E-state index contributed by atoms with van der Waals surface area (Å²) in [5.41, 5.74) is 1.06.